The Kier molecular flexibility index (Phi) is 9.80. The summed E-state index contributed by atoms with van der Waals surface area (Å²) >= 11 is 0. The summed E-state index contributed by atoms with van der Waals surface area (Å²) in [5, 5.41) is 10.2. The van der Waals surface area contributed by atoms with Crippen LogP contribution in [0.4, 0.5) is 0 Å². The fourth-order valence-corrected chi connectivity index (χ4v) is 4.82. The zero-order valence-electron chi connectivity index (χ0n) is 24.2. The first-order valence-corrected chi connectivity index (χ1v) is 15.1. The molecule has 1 aliphatic rings. The van der Waals surface area contributed by atoms with Gasteiger partial charge in [-0.3, -0.25) is 9.36 Å². The van der Waals surface area contributed by atoms with Crippen LogP contribution in [0, 0.1) is 0 Å². The van der Waals surface area contributed by atoms with Gasteiger partial charge in [0.15, 0.2) is 18.2 Å². The zero-order chi connectivity index (χ0) is 31.1. The van der Waals surface area contributed by atoms with E-state index < -0.39 is 22.7 Å². The smallest absolute Gasteiger partial charge is 0.331 e. The Bertz CT molecular complexity index is 1630. The van der Waals surface area contributed by atoms with Crippen LogP contribution >= 0.6 is 0 Å². The first-order valence-electron chi connectivity index (χ1n) is 13.3. The van der Waals surface area contributed by atoms with Gasteiger partial charge in [0.2, 0.25) is 23.2 Å². The molecule has 2 heterocycles. The molecule has 1 amide bonds. The van der Waals surface area contributed by atoms with Crippen LogP contribution in [0.15, 0.2) is 42.1 Å². The molecule has 0 atom stereocenters. The number of methoxy groups -OCH3 is 2. The van der Waals surface area contributed by atoms with E-state index in [4.69, 9.17) is 23.7 Å². The van der Waals surface area contributed by atoms with Gasteiger partial charge in [0, 0.05) is 36.1 Å². The fraction of sp³-hybridized carbons (Fsp3) is 0.345. The topological polar surface area (TPSA) is 156 Å². The number of benzene rings is 2. The summed E-state index contributed by atoms with van der Waals surface area (Å²) in [5.74, 6) is 1.54. The third-order valence-corrected chi connectivity index (χ3v) is 7.71. The molecule has 0 saturated heterocycles. The molecule has 13 nitrogen and oxygen atoms in total. The van der Waals surface area contributed by atoms with Gasteiger partial charge in [0.25, 0.3) is 0 Å². The van der Waals surface area contributed by atoms with E-state index >= 15 is 0 Å². The van der Waals surface area contributed by atoms with Gasteiger partial charge in [-0.2, -0.15) is 0 Å². The number of carbonyl (C=O) groups excluding carboxylic acids is 1. The number of hydrogen-bond acceptors (Lipinski definition) is 10. The van der Waals surface area contributed by atoms with Crippen LogP contribution < -0.4 is 23.7 Å². The number of ether oxygens (including phenoxy) is 5. The highest BCUT2D eigenvalue weighted by atomic mass is 32.2. The van der Waals surface area contributed by atoms with Crippen molar-refractivity contribution in [1.82, 2.24) is 13.9 Å². The van der Waals surface area contributed by atoms with Gasteiger partial charge in [0.05, 0.1) is 38.1 Å². The Labute approximate surface area is 249 Å². The molecule has 0 bridgehead atoms. The molecular formula is C29H33N3O10S. The Morgan fingerprint density at radius 2 is 1.88 bits per heavy atom. The van der Waals surface area contributed by atoms with Gasteiger partial charge >= 0.3 is 5.97 Å². The predicted octanol–water partition coefficient (Wildman–Crippen LogP) is 3.43. The highest BCUT2D eigenvalue weighted by molar-refractivity contribution is 7.88. The SMILES string of the molecule is CCCCc1ncc(/C=C(\Cc2cc3c(cc2OC)OCO3)C(=O)O)n1-c1ccc(OC)cc1OCN(C=O)S(C)(=O)=O. The maximum Gasteiger partial charge on any atom is 0.331 e. The van der Waals surface area contributed by atoms with E-state index in [1.165, 1.54) is 20.3 Å². The minimum absolute atomic E-state index is 0.000750. The number of fused-ring (bicyclic) bond motifs is 1. The number of rotatable bonds is 15. The molecule has 4 rings (SSSR count). The second-order valence-electron chi connectivity index (χ2n) is 9.57. The Balaban J connectivity index is 1.81. The normalized spacial score (nSPS) is 12.6. The van der Waals surface area contributed by atoms with Crippen LogP contribution in [0.2, 0.25) is 0 Å². The quantitative estimate of drug-likeness (QED) is 0.152. The van der Waals surface area contributed by atoms with E-state index in [0.29, 0.717) is 56.5 Å². The van der Waals surface area contributed by atoms with Crippen molar-refractivity contribution in [3.05, 3.63) is 59.2 Å². The van der Waals surface area contributed by atoms with Crippen LogP contribution in [-0.2, 0) is 32.5 Å². The van der Waals surface area contributed by atoms with Gasteiger partial charge < -0.3 is 28.8 Å². The molecule has 0 aliphatic carbocycles. The van der Waals surface area contributed by atoms with Gasteiger partial charge in [-0.25, -0.2) is 22.5 Å². The molecule has 0 radical (unpaired) electrons. The van der Waals surface area contributed by atoms with E-state index in [9.17, 15) is 23.1 Å². The molecule has 230 valence electrons. The Morgan fingerprint density at radius 1 is 1.14 bits per heavy atom. The summed E-state index contributed by atoms with van der Waals surface area (Å²) in [6, 6.07) is 8.27. The summed E-state index contributed by atoms with van der Waals surface area (Å²) in [5.41, 5.74) is 1.51. The number of imidazole rings is 1. The molecule has 0 unspecified atom stereocenters. The fourth-order valence-electron chi connectivity index (χ4n) is 4.42. The second kappa shape index (κ2) is 13.5. The molecule has 43 heavy (non-hydrogen) atoms. The number of nitrogens with zero attached hydrogens (tertiary/aromatic N) is 3. The van der Waals surface area contributed by atoms with E-state index in [1.807, 2.05) is 6.92 Å². The van der Waals surface area contributed by atoms with E-state index in [1.54, 1.807) is 41.1 Å². The Morgan fingerprint density at radius 3 is 2.51 bits per heavy atom. The van der Waals surface area contributed by atoms with E-state index in [-0.39, 0.29) is 30.9 Å². The molecular weight excluding hydrogens is 582 g/mol. The maximum atomic E-state index is 12.5. The molecule has 0 spiro atoms. The molecule has 0 saturated carbocycles. The Hall–Kier alpha value is -4.72. The van der Waals surface area contributed by atoms with Crippen molar-refractivity contribution in [2.24, 2.45) is 0 Å². The number of carbonyl (C=O) groups is 2. The molecule has 1 aromatic heterocycles. The van der Waals surface area contributed by atoms with Crippen molar-refractivity contribution in [2.75, 3.05) is 34.0 Å². The van der Waals surface area contributed by atoms with Crippen molar-refractivity contribution in [3.63, 3.8) is 0 Å². The summed E-state index contributed by atoms with van der Waals surface area (Å²) in [6.45, 7) is 1.51. The second-order valence-corrected chi connectivity index (χ2v) is 11.5. The third kappa shape index (κ3) is 7.20. The number of aryl methyl sites for hydroxylation is 1. The van der Waals surface area contributed by atoms with E-state index in [2.05, 4.69) is 4.98 Å². The minimum Gasteiger partial charge on any atom is -0.497 e. The van der Waals surface area contributed by atoms with Crippen LogP contribution in [0.25, 0.3) is 11.8 Å². The number of carboxylic acid groups (broad SMARTS) is 1. The lowest BCUT2D eigenvalue weighted by Crippen LogP contribution is -2.32. The summed E-state index contributed by atoms with van der Waals surface area (Å²) in [6.07, 6.45) is 6.39. The first-order chi connectivity index (χ1) is 20.6. The molecule has 2 aromatic carbocycles. The number of unbranched alkanes of at least 4 members (excludes halogenated alkanes) is 1. The molecule has 14 heteroatoms. The average Bonchev–Trinajstić information content (AvgIpc) is 3.60. The lowest BCUT2D eigenvalue weighted by Gasteiger charge is -2.20. The highest BCUT2D eigenvalue weighted by Gasteiger charge is 2.23. The van der Waals surface area contributed by atoms with Crippen LogP contribution in [0.1, 0.15) is 36.8 Å². The molecule has 1 aliphatic heterocycles. The van der Waals surface area contributed by atoms with Gasteiger partial charge in [-0.1, -0.05) is 13.3 Å². The average molecular weight is 616 g/mol. The number of hydrogen-bond donors (Lipinski definition) is 1. The molecule has 0 fully saturated rings. The zero-order valence-corrected chi connectivity index (χ0v) is 25.0. The maximum absolute atomic E-state index is 12.5. The van der Waals surface area contributed by atoms with E-state index in [0.717, 1.165) is 19.1 Å². The van der Waals surface area contributed by atoms with Crippen LogP contribution in [0.5, 0.6) is 28.7 Å². The van der Waals surface area contributed by atoms with Crippen molar-refractivity contribution in [2.45, 2.75) is 32.6 Å². The summed E-state index contributed by atoms with van der Waals surface area (Å²) < 4.78 is 53.8. The van der Waals surface area contributed by atoms with Gasteiger partial charge in [-0.15, -0.1) is 0 Å². The molecule has 1 N–H and O–H groups in total. The summed E-state index contributed by atoms with van der Waals surface area (Å²) in [7, 11) is -0.919. The summed E-state index contributed by atoms with van der Waals surface area (Å²) in [4.78, 5) is 28.5. The standard InChI is InChI=1S/C29H33N3O10S/c1-5-6-7-28-30-15-21(11-20(29(34)35)10-19-12-26-27(42-18-41-26)14-24(19)39-3)32(28)23-9-8-22(38-2)13-25(23)40-17-31(16-33)43(4,36)37/h8-9,11-16H,5-7,10,17-18H2,1-4H3,(H,34,35)/b20-11+. The monoisotopic (exact) mass is 615 g/mol. The highest BCUT2D eigenvalue weighted by Crippen LogP contribution is 2.39. The predicted molar refractivity (Wildman–Crippen MR) is 155 cm³/mol. The van der Waals surface area contributed by atoms with Gasteiger partial charge in [0.1, 0.15) is 23.1 Å². The van der Waals surface area contributed by atoms with Crippen molar-refractivity contribution in [3.8, 4) is 34.4 Å². The minimum atomic E-state index is -3.87. The lowest BCUT2D eigenvalue weighted by atomic mass is 10.0. The third-order valence-electron chi connectivity index (χ3n) is 6.67. The number of sulfonamides is 1. The first kappa shape index (κ1) is 31.2. The van der Waals surface area contributed by atoms with Crippen molar-refractivity contribution >= 4 is 28.5 Å². The van der Waals surface area contributed by atoms with Crippen molar-refractivity contribution in [1.29, 1.82) is 0 Å². The van der Waals surface area contributed by atoms with Gasteiger partial charge in [-0.05, 0) is 30.7 Å². The van der Waals surface area contributed by atoms with Crippen LogP contribution in [0.3, 0.4) is 0 Å². The lowest BCUT2D eigenvalue weighted by molar-refractivity contribution is -0.132. The number of aliphatic carboxylic acids is 1. The van der Waals surface area contributed by atoms with Crippen LogP contribution in [-0.4, -0.2) is 73.8 Å². The number of amides is 1. The molecule has 3 aromatic rings. The largest absolute Gasteiger partial charge is 0.497 e. The van der Waals surface area contributed by atoms with Crippen molar-refractivity contribution < 1.29 is 46.8 Å². The number of aromatic nitrogens is 2. The number of carboxylic acids is 1.